The van der Waals surface area contributed by atoms with E-state index in [-0.39, 0.29) is 10.9 Å². The van der Waals surface area contributed by atoms with Crippen LogP contribution in [-0.2, 0) is 10.0 Å². The molecule has 1 unspecified atom stereocenters. The topological polar surface area (TPSA) is 59.1 Å². The van der Waals surface area contributed by atoms with Crippen LogP contribution in [0.2, 0.25) is 5.15 Å². The summed E-state index contributed by atoms with van der Waals surface area (Å²) in [4.78, 5) is 3.97. The molecule has 1 aromatic heterocycles. The molecule has 4 nitrogen and oxygen atoms in total. The van der Waals surface area contributed by atoms with Crippen molar-refractivity contribution in [2.45, 2.75) is 43.5 Å². The first-order valence-electron chi connectivity index (χ1n) is 6.15. The monoisotopic (exact) mass is 288 g/mol. The second-order valence-corrected chi connectivity index (χ2v) is 6.82. The van der Waals surface area contributed by atoms with Gasteiger partial charge < -0.3 is 0 Å². The van der Waals surface area contributed by atoms with E-state index in [1.807, 2.05) is 6.92 Å². The summed E-state index contributed by atoms with van der Waals surface area (Å²) in [6, 6.07) is 2.97. The minimum absolute atomic E-state index is 0.0122. The minimum Gasteiger partial charge on any atom is -0.243 e. The van der Waals surface area contributed by atoms with Gasteiger partial charge in [-0.25, -0.2) is 18.1 Å². The third-order valence-corrected chi connectivity index (χ3v) is 4.87. The molecule has 1 heterocycles. The van der Waals surface area contributed by atoms with E-state index in [4.69, 9.17) is 11.6 Å². The average Bonchev–Trinajstić information content (AvgIpc) is 3.12. The second kappa shape index (κ2) is 5.55. The van der Waals surface area contributed by atoms with E-state index in [2.05, 4.69) is 9.71 Å². The molecule has 0 aliphatic heterocycles. The molecule has 1 aliphatic carbocycles. The highest BCUT2D eigenvalue weighted by Gasteiger charge is 2.27. The number of hydrogen-bond acceptors (Lipinski definition) is 3. The fourth-order valence-electron chi connectivity index (χ4n) is 1.86. The zero-order valence-electron chi connectivity index (χ0n) is 10.3. The van der Waals surface area contributed by atoms with Crippen LogP contribution in [0.5, 0.6) is 0 Å². The zero-order valence-corrected chi connectivity index (χ0v) is 11.8. The van der Waals surface area contributed by atoms with Crippen LogP contribution in [0.1, 0.15) is 32.6 Å². The Hall–Kier alpha value is -0.650. The number of nitrogens with zero attached hydrogens (tertiary/aromatic N) is 1. The Morgan fingerprint density at radius 3 is 2.72 bits per heavy atom. The number of hydrogen-bond donors (Lipinski definition) is 1. The van der Waals surface area contributed by atoms with Gasteiger partial charge >= 0.3 is 0 Å². The number of halogens is 1. The van der Waals surface area contributed by atoms with Crippen molar-refractivity contribution in [2.75, 3.05) is 0 Å². The van der Waals surface area contributed by atoms with E-state index in [0.29, 0.717) is 11.1 Å². The Balaban J connectivity index is 2.07. The van der Waals surface area contributed by atoms with Crippen LogP contribution < -0.4 is 4.72 Å². The van der Waals surface area contributed by atoms with Crippen molar-refractivity contribution in [3.63, 3.8) is 0 Å². The van der Waals surface area contributed by atoms with E-state index in [9.17, 15) is 8.42 Å². The van der Waals surface area contributed by atoms with Crippen molar-refractivity contribution in [3.8, 4) is 0 Å². The van der Waals surface area contributed by atoms with Gasteiger partial charge in [0.25, 0.3) is 0 Å². The van der Waals surface area contributed by atoms with Crippen LogP contribution in [-0.4, -0.2) is 19.4 Å². The van der Waals surface area contributed by atoms with Gasteiger partial charge in [-0.15, -0.1) is 0 Å². The highest BCUT2D eigenvalue weighted by molar-refractivity contribution is 7.89. The quantitative estimate of drug-likeness (QED) is 0.819. The summed E-state index contributed by atoms with van der Waals surface area (Å²) >= 11 is 5.65. The fourth-order valence-corrected chi connectivity index (χ4v) is 3.25. The van der Waals surface area contributed by atoms with Crippen molar-refractivity contribution in [2.24, 2.45) is 5.92 Å². The van der Waals surface area contributed by atoms with Crippen LogP contribution in [0.15, 0.2) is 23.2 Å². The second-order valence-electron chi connectivity index (χ2n) is 4.72. The highest BCUT2D eigenvalue weighted by atomic mass is 35.5. The standard InChI is InChI=1S/C12H17ClN2O2S/c1-2-10(7-9-3-4-9)15-18(16,17)11-5-6-12(13)14-8-11/h5-6,8-10,15H,2-4,7H2,1H3. The molecule has 1 saturated carbocycles. The van der Waals surface area contributed by atoms with Crippen molar-refractivity contribution in [1.82, 2.24) is 9.71 Å². The van der Waals surface area contributed by atoms with Gasteiger partial charge in [-0.3, -0.25) is 0 Å². The first-order chi connectivity index (χ1) is 8.51. The number of rotatable bonds is 6. The largest absolute Gasteiger partial charge is 0.243 e. The van der Waals surface area contributed by atoms with E-state index < -0.39 is 10.0 Å². The van der Waals surface area contributed by atoms with Gasteiger partial charge in [0, 0.05) is 12.2 Å². The van der Waals surface area contributed by atoms with Crippen LogP contribution in [0, 0.1) is 5.92 Å². The Labute approximate surface area is 113 Å². The summed E-state index contributed by atoms with van der Waals surface area (Å²) < 4.78 is 27.0. The van der Waals surface area contributed by atoms with E-state index in [1.54, 1.807) is 0 Å². The molecule has 1 aromatic rings. The maximum Gasteiger partial charge on any atom is 0.242 e. The molecule has 0 saturated heterocycles. The maximum atomic E-state index is 12.1. The lowest BCUT2D eigenvalue weighted by Gasteiger charge is -2.16. The Bertz CT molecular complexity index is 497. The van der Waals surface area contributed by atoms with Gasteiger partial charge in [0.15, 0.2) is 0 Å². The van der Waals surface area contributed by atoms with Crippen molar-refractivity contribution < 1.29 is 8.42 Å². The molecular weight excluding hydrogens is 272 g/mol. The lowest BCUT2D eigenvalue weighted by atomic mass is 10.1. The number of pyridine rings is 1. The van der Waals surface area contributed by atoms with Crippen LogP contribution >= 0.6 is 11.6 Å². The van der Waals surface area contributed by atoms with E-state index >= 15 is 0 Å². The van der Waals surface area contributed by atoms with Crippen molar-refractivity contribution in [3.05, 3.63) is 23.5 Å². The van der Waals surface area contributed by atoms with Crippen LogP contribution in [0.25, 0.3) is 0 Å². The predicted molar refractivity (Wildman–Crippen MR) is 71.0 cm³/mol. The molecule has 1 fully saturated rings. The molecule has 0 aromatic carbocycles. The summed E-state index contributed by atoms with van der Waals surface area (Å²) in [6.45, 7) is 2.00. The van der Waals surface area contributed by atoms with Gasteiger partial charge in [0.05, 0.1) is 0 Å². The molecule has 1 atom stereocenters. The smallest absolute Gasteiger partial charge is 0.242 e. The summed E-state index contributed by atoms with van der Waals surface area (Å²) in [7, 11) is -3.48. The number of aromatic nitrogens is 1. The molecule has 18 heavy (non-hydrogen) atoms. The van der Waals surface area contributed by atoms with Gasteiger partial charge in [0.2, 0.25) is 10.0 Å². The van der Waals surface area contributed by atoms with E-state index in [1.165, 1.54) is 31.2 Å². The highest BCUT2D eigenvalue weighted by Crippen LogP contribution is 2.34. The van der Waals surface area contributed by atoms with Crippen molar-refractivity contribution >= 4 is 21.6 Å². The lowest BCUT2D eigenvalue weighted by molar-refractivity contribution is 0.495. The minimum atomic E-state index is -3.48. The Morgan fingerprint density at radius 2 is 2.22 bits per heavy atom. The molecule has 6 heteroatoms. The maximum absolute atomic E-state index is 12.1. The third kappa shape index (κ3) is 3.67. The molecule has 0 bridgehead atoms. The summed E-state index contributed by atoms with van der Waals surface area (Å²) in [5.74, 6) is 0.695. The number of nitrogens with one attached hydrogen (secondary N) is 1. The van der Waals surface area contributed by atoms with Gasteiger partial charge in [-0.2, -0.15) is 0 Å². The average molecular weight is 289 g/mol. The van der Waals surface area contributed by atoms with Crippen molar-refractivity contribution in [1.29, 1.82) is 0 Å². The normalized spacial score (nSPS) is 17.7. The Morgan fingerprint density at radius 1 is 1.50 bits per heavy atom. The van der Waals surface area contributed by atoms with Gasteiger partial charge in [-0.05, 0) is 30.9 Å². The third-order valence-electron chi connectivity index (χ3n) is 3.14. The molecule has 0 radical (unpaired) electrons. The number of sulfonamides is 1. The molecule has 1 N–H and O–H groups in total. The first-order valence-corrected chi connectivity index (χ1v) is 8.01. The van der Waals surface area contributed by atoms with Gasteiger partial charge in [0.1, 0.15) is 10.0 Å². The molecule has 0 spiro atoms. The zero-order chi connectivity index (χ0) is 13.2. The first kappa shape index (κ1) is 13.8. The molecule has 0 amide bonds. The predicted octanol–water partition coefficient (Wildman–Crippen LogP) is 2.59. The summed E-state index contributed by atoms with van der Waals surface area (Å²) in [5, 5.41) is 0.291. The fraction of sp³-hybridized carbons (Fsp3) is 0.583. The molecule has 1 aliphatic rings. The summed E-state index contributed by atoms with van der Waals surface area (Å²) in [5.41, 5.74) is 0. The SMILES string of the molecule is CCC(CC1CC1)NS(=O)(=O)c1ccc(Cl)nc1. The Kier molecular flexibility index (Phi) is 4.25. The molecule has 2 rings (SSSR count). The molecular formula is C12H17ClN2O2S. The lowest BCUT2D eigenvalue weighted by Crippen LogP contribution is -2.34. The summed E-state index contributed by atoms with van der Waals surface area (Å²) in [6.07, 6.45) is 5.46. The van der Waals surface area contributed by atoms with Crippen LogP contribution in [0.3, 0.4) is 0 Å². The van der Waals surface area contributed by atoms with E-state index in [0.717, 1.165) is 12.8 Å². The van der Waals surface area contributed by atoms with Crippen LogP contribution in [0.4, 0.5) is 0 Å². The molecule has 100 valence electrons. The van der Waals surface area contributed by atoms with Gasteiger partial charge in [-0.1, -0.05) is 31.4 Å².